The Balaban J connectivity index is 0.000000194. The number of carboxylic acid groups (broad SMARTS) is 2. The van der Waals surface area contributed by atoms with Gasteiger partial charge in [-0.2, -0.15) is 0 Å². The van der Waals surface area contributed by atoms with Gasteiger partial charge in [0.2, 0.25) is 6.33 Å². The molecule has 2 aromatic carbocycles. The zero-order valence-corrected chi connectivity index (χ0v) is 12.1. The largest absolute Gasteiger partial charge is 0.545 e. The normalized spacial score (nSPS) is 9.83. The lowest BCUT2D eigenvalue weighted by molar-refractivity contribution is -0.385. The van der Waals surface area contributed by atoms with E-state index in [-0.39, 0.29) is 0 Å². The number of nitrogens with zero attached hydrogens (tertiary/aromatic N) is 1. The molecule has 0 bridgehead atoms. The van der Waals surface area contributed by atoms with Gasteiger partial charge >= 0.3 is 5.97 Å². The van der Waals surface area contributed by atoms with E-state index in [1.165, 1.54) is 0 Å². The van der Waals surface area contributed by atoms with E-state index >= 15 is 0 Å². The van der Waals surface area contributed by atoms with Crippen LogP contribution in [0.25, 0.3) is 11.0 Å². The minimum atomic E-state index is -1.60. The van der Waals surface area contributed by atoms with E-state index in [2.05, 4.69) is 9.97 Å². The van der Waals surface area contributed by atoms with Crippen LogP contribution in [0.3, 0.4) is 0 Å². The van der Waals surface area contributed by atoms with Crippen molar-refractivity contribution in [1.29, 1.82) is 0 Å². The molecular formula is C15H11N3O6. The molecular weight excluding hydrogens is 318 g/mol. The Kier molecular flexibility index (Phi) is 4.85. The highest BCUT2D eigenvalue weighted by Gasteiger charge is 2.19. The molecule has 9 nitrogen and oxygen atoms in total. The fourth-order valence-corrected chi connectivity index (χ4v) is 1.92. The first-order valence-electron chi connectivity index (χ1n) is 6.57. The topological polar surface area (TPSA) is 150 Å². The van der Waals surface area contributed by atoms with Crippen molar-refractivity contribution in [1.82, 2.24) is 4.98 Å². The van der Waals surface area contributed by atoms with Crippen LogP contribution in [-0.4, -0.2) is 27.0 Å². The highest BCUT2D eigenvalue weighted by atomic mass is 16.6. The number of fused-ring (bicyclic) bond motifs is 1. The van der Waals surface area contributed by atoms with Crippen molar-refractivity contribution in [3.63, 3.8) is 0 Å². The van der Waals surface area contributed by atoms with Gasteiger partial charge in [0.05, 0.1) is 10.9 Å². The highest BCUT2D eigenvalue weighted by molar-refractivity contribution is 5.95. The molecule has 1 heterocycles. The number of hydrogen-bond acceptors (Lipinski definition) is 5. The number of carbonyl (C=O) groups excluding carboxylic acids is 1. The number of carbonyl (C=O) groups is 2. The molecule has 0 radical (unpaired) electrons. The molecule has 0 aliphatic heterocycles. The summed E-state index contributed by atoms with van der Waals surface area (Å²) < 4.78 is 0. The number of carboxylic acids is 2. The fraction of sp³-hybridized carbons (Fsp3) is 0. The van der Waals surface area contributed by atoms with Crippen molar-refractivity contribution < 1.29 is 29.7 Å². The molecule has 0 spiro atoms. The number of para-hydroxylation sites is 2. The number of nitro groups is 1. The third-order valence-electron chi connectivity index (χ3n) is 3.04. The van der Waals surface area contributed by atoms with Crippen molar-refractivity contribution in [2.45, 2.75) is 0 Å². The van der Waals surface area contributed by atoms with E-state index in [0.29, 0.717) is 6.07 Å². The molecule has 0 aliphatic rings. The van der Waals surface area contributed by atoms with Crippen LogP contribution in [0.15, 0.2) is 48.8 Å². The van der Waals surface area contributed by atoms with Gasteiger partial charge in [0.1, 0.15) is 5.56 Å². The van der Waals surface area contributed by atoms with E-state index < -0.39 is 33.7 Å². The smallest absolute Gasteiger partial charge is 0.342 e. The number of rotatable bonds is 3. The summed E-state index contributed by atoms with van der Waals surface area (Å²) >= 11 is 0. The Morgan fingerprint density at radius 1 is 1.17 bits per heavy atom. The van der Waals surface area contributed by atoms with Crippen LogP contribution in [-0.2, 0) is 0 Å². The third kappa shape index (κ3) is 3.71. The number of aromatic amines is 2. The number of aromatic nitrogens is 2. The maximum Gasteiger partial charge on any atom is 0.342 e. The van der Waals surface area contributed by atoms with E-state index in [1.807, 2.05) is 30.6 Å². The molecule has 9 heteroatoms. The zero-order chi connectivity index (χ0) is 17.7. The Hall–Kier alpha value is -3.75. The van der Waals surface area contributed by atoms with Crippen molar-refractivity contribution >= 4 is 28.7 Å². The molecule has 3 rings (SSSR count). The molecule has 0 aliphatic carbocycles. The summed E-state index contributed by atoms with van der Waals surface area (Å²) in [6.07, 6.45) is 1.82. The minimum Gasteiger partial charge on any atom is -0.545 e. The van der Waals surface area contributed by atoms with Gasteiger partial charge in [0.25, 0.3) is 5.69 Å². The SMILES string of the molecule is O=C([O-])c1ccc(C(=O)O)c([N+](=O)[O-])c1.c1ccc2[nH+]c[nH]c2c1. The van der Waals surface area contributed by atoms with Crippen LogP contribution >= 0.6 is 0 Å². The van der Waals surface area contributed by atoms with Gasteiger partial charge in [-0.05, 0) is 18.2 Å². The fourth-order valence-electron chi connectivity index (χ4n) is 1.92. The average Bonchev–Trinajstić information content (AvgIpc) is 3.03. The summed E-state index contributed by atoms with van der Waals surface area (Å²) in [6, 6.07) is 10.5. The first-order valence-corrected chi connectivity index (χ1v) is 6.57. The Labute approximate surface area is 134 Å². The van der Waals surface area contributed by atoms with Gasteiger partial charge in [-0.15, -0.1) is 0 Å². The molecule has 3 aromatic rings. The van der Waals surface area contributed by atoms with Crippen LogP contribution < -0.4 is 10.1 Å². The highest BCUT2D eigenvalue weighted by Crippen LogP contribution is 2.19. The molecule has 0 unspecified atom stereocenters. The van der Waals surface area contributed by atoms with Crippen molar-refractivity contribution in [3.8, 4) is 0 Å². The molecule has 0 amide bonds. The summed E-state index contributed by atoms with van der Waals surface area (Å²) in [5, 5.41) is 29.4. The lowest BCUT2D eigenvalue weighted by atomic mass is 10.1. The zero-order valence-electron chi connectivity index (χ0n) is 12.1. The van der Waals surface area contributed by atoms with Gasteiger partial charge in [-0.1, -0.05) is 18.2 Å². The molecule has 1 aromatic heterocycles. The summed E-state index contributed by atoms with van der Waals surface area (Å²) in [7, 11) is 0. The quantitative estimate of drug-likeness (QED) is 0.531. The molecule has 3 N–H and O–H groups in total. The second-order valence-electron chi connectivity index (χ2n) is 4.56. The van der Waals surface area contributed by atoms with Gasteiger partial charge in [-0.25, -0.2) is 14.8 Å². The summed E-state index contributed by atoms with van der Waals surface area (Å²) in [6.45, 7) is 0. The molecule has 24 heavy (non-hydrogen) atoms. The minimum absolute atomic E-state index is 0.438. The molecule has 0 fully saturated rings. The predicted octanol–water partition coefficient (Wildman–Crippen LogP) is 0.638. The van der Waals surface area contributed by atoms with Crippen LogP contribution in [0.2, 0.25) is 0 Å². The maximum atomic E-state index is 10.5. The van der Waals surface area contributed by atoms with E-state index in [1.54, 1.807) is 0 Å². The van der Waals surface area contributed by atoms with Crippen molar-refractivity contribution in [2.24, 2.45) is 0 Å². The second-order valence-corrected chi connectivity index (χ2v) is 4.56. The Morgan fingerprint density at radius 2 is 1.88 bits per heavy atom. The van der Waals surface area contributed by atoms with Gasteiger partial charge in [0, 0.05) is 11.6 Å². The van der Waals surface area contributed by atoms with Gasteiger partial charge in [0.15, 0.2) is 11.0 Å². The lowest BCUT2D eigenvalue weighted by Gasteiger charge is -2.03. The summed E-state index contributed by atoms with van der Waals surface area (Å²) in [5.74, 6) is -3.10. The standard InChI is InChI=1S/C8H5NO6.C7H6N2/c10-7(11)4-1-2-5(8(12)13)6(3-4)9(14)15;1-2-4-7-6(3-1)8-5-9-7/h1-3H,(H,10,11)(H,12,13);1-5H,(H,8,9). The Bertz CT molecular complexity index is 888. The van der Waals surface area contributed by atoms with Crippen molar-refractivity contribution in [3.05, 3.63) is 70.0 Å². The van der Waals surface area contributed by atoms with Crippen LogP contribution in [0.5, 0.6) is 0 Å². The number of aromatic carboxylic acids is 2. The van der Waals surface area contributed by atoms with Gasteiger partial charge < -0.3 is 15.0 Å². The number of nitrogens with one attached hydrogen (secondary N) is 2. The average molecular weight is 329 g/mol. The number of hydrogen-bond donors (Lipinski definition) is 2. The first-order chi connectivity index (χ1) is 11.4. The van der Waals surface area contributed by atoms with Crippen LogP contribution in [0.1, 0.15) is 20.7 Å². The summed E-state index contributed by atoms with van der Waals surface area (Å²) in [5.41, 5.74) is 0.524. The number of nitro benzene ring substituents is 1. The second kappa shape index (κ2) is 7.01. The van der Waals surface area contributed by atoms with E-state index in [9.17, 15) is 24.8 Å². The maximum absolute atomic E-state index is 10.5. The lowest BCUT2D eigenvalue weighted by Crippen LogP contribution is -2.22. The number of benzene rings is 2. The van der Waals surface area contributed by atoms with E-state index in [4.69, 9.17) is 5.11 Å². The van der Waals surface area contributed by atoms with Crippen LogP contribution in [0.4, 0.5) is 5.69 Å². The molecule has 122 valence electrons. The molecule has 0 saturated heterocycles. The molecule has 0 saturated carbocycles. The first kappa shape index (κ1) is 16.6. The van der Waals surface area contributed by atoms with Crippen molar-refractivity contribution in [2.75, 3.05) is 0 Å². The number of imidazole rings is 1. The number of H-pyrrole nitrogens is 2. The molecule has 0 atom stereocenters. The third-order valence-corrected chi connectivity index (χ3v) is 3.04. The Morgan fingerprint density at radius 3 is 2.46 bits per heavy atom. The predicted molar refractivity (Wildman–Crippen MR) is 79.2 cm³/mol. The van der Waals surface area contributed by atoms with Gasteiger partial charge in [-0.3, -0.25) is 10.1 Å². The monoisotopic (exact) mass is 329 g/mol. The van der Waals surface area contributed by atoms with Crippen LogP contribution in [0, 0.1) is 10.1 Å². The van der Waals surface area contributed by atoms with E-state index in [0.717, 1.165) is 23.2 Å². The summed E-state index contributed by atoms with van der Waals surface area (Å²) in [4.78, 5) is 36.5.